The Hall–Kier alpha value is -2.04. The van der Waals surface area contributed by atoms with Gasteiger partial charge in [0.2, 0.25) is 0 Å². The van der Waals surface area contributed by atoms with Crippen molar-refractivity contribution in [2.75, 3.05) is 0 Å². The molecule has 2 nitrogen and oxygen atoms in total. The van der Waals surface area contributed by atoms with Crippen LogP contribution in [0, 0.1) is 0 Å². The van der Waals surface area contributed by atoms with Crippen molar-refractivity contribution in [3.8, 4) is 0 Å². The lowest BCUT2D eigenvalue weighted by atomic mass is 9.90. The van der Waals surface area contributed by atoms with Crippen molar-refractivity contribution in [2.24, 2.45) is 0 Å². The van der Waals surface area contributed by atoms with Crippen molar-refractivity contribution in [1.29, 1.82) is 0 Å². The highest BCUT2D eigenvalue weighted by Crippen LogP contribution is 2.27. The first kappa shape index (κ1) is 36.4. The third-order valence-electron chi connectivity index (χ3n) is 8.63. The molecule has 0 atom stereocenters. The zero-order chi connectivity index (χ0) is 31.6. The van der Waals surface area contributed by atoms with E-state index < -0.39 is 0 Å². The van der Waals surface area contributed by atoms with Crippen molar-refractivity contribution in [2.45, 2.75) is 129 Å². The summed E-state index contributed by atoms with van der Waals surface area (Å²) in [4.78, 5) is 27.4. The van der Waals surface area contributed by atoms with Gasteiger partial charge in [-0.2, -0.15) is 0 Å². The van der Waals surface area contributed by atoms with Crippen LogP contribution in [0.1, 0.15) is 160 Å². The van der Waals surface area contributed by atoms with Gasteiger partial charge in [0, 0.05) is 31.2 Å². The Morgan fingerprint density at radius 1 is 0.500 bits per heavy atom. The minimum atomic E-state index is -0.0854. The third-order valence-corrected chi connectivity index (χ3v) is 9.78. The lowest BCUT2D eigenvalue weighted by molar-refractivity contribution is 0.103. The molecule has 3 rings (SSSR count). The Morgan fingerprint density at radius 3 is 1.57 bits per heavy atom. The Bertz CT molecular complexity index is 1300. The summed E-state index contributed by atoms with van der Waals surface area (Å²) in [5, 5.41) is 0. The van der Waals surface area contributed by atoms with Gasteiger partial charge in [-0.05, 0) is 77.0 Å². The Morgan fingerprint density at radius 2 is 1.00 bits per heavy atom. The summed E-state index contributed by atoms with van der Waals surface area (Å²) in [7, 11) is 0. The quantitative estimate of drug-likeness (QED) is 0.0764. The average molecular weight is 725 g/mol. The molecule has 0 N–H and O–H groups in total. The molecule has 44 heavy (non-hydrogen) atoms. The maximum atomic E-state index is 13.9. The van der Waals surface area contributed by atoms with Crippen LogP contribution in [0.5, 0.6) is 0 Å². The molecule has 0 radical (unpaired) electrons. The van der Waals surface area contributed by atoms with Gasteiger partial charge < -0.3 is 0 Å². The van der Waals surface area contributed by atoms with E-state index in [9.17, 15) is 9.59 Å². The van der Waals surface area contributed by atoms with Gasteiger partial charge in [-0.25, -0.2) is 0 Å². The predicted molar refractivity (Wildman–Crippen MR) is 194 cm³/mol. The standard InChI is InChI=1S/C40H52Br2O2/c1-3-5-7-9-11-13-15-17-19-31-21-23-33(24-22-31)39(43)37-29-34(40(44)36-28-27-35(41)30-38(36)42)26-25-32(37)20-18-16-14-12-10-8-6-4-2/h21-30H,3-20H2,1-2H3. The Balaban J connectivity index is 1.68. The lowest BCUT2D eigenvalue weighted by Crippen LogP contribution is -2.10. The predicted octanol–water partition coefficient (Wildman–Crippen LogP) is 13.0. The largest absolute Gasteiger partial charge is 0.289 e. The summed E-state index contributed by atoms with van der Waals surface area (Å²) in [5.74, 6) is -0.0829. The highest BCUT2D eigenvalue weighted by atomic mass is 79.9. The van der Waals surface area contributed by atoms with Gasteiger partial charge in [-0.1, -0.05) is 156 Å². The maximum Gasteiger partial charge on any atom is 0.194 e. The second-order valence-corrected chi connectivity index (χ2v) is 14.1. The second-order valence-electron chi connectivity index (χ2n) is 12.3. The molecule has 238 valence electrons. The van der Waals surface area contributed by atoms with E-state index in [2.05, 4.69) is 57.8 Å². The first-order valence-electron chi connectivity index (χ1n) is 17.2. The van der Waals surface area contributed by atoms with Crippen molar-refractivity contribution in [3.63, 3.8) is 0 Å². The summed E-state index contributed by atoms with van der Waals surface area (Å²) in [5.41, 5.74) is 4.81. The van der Waals surface area contributed by atoms with Crippen molar-refractivity contribution >= 4 is 43.4 Å². The zero-order valence-corrected chi connectivity index (χ0v) is 30.2. The first-order valence-corrected chi connectivity index (χ1v) is 18.8. The van der Waals surface area contributed by atoms with Gasteiger partial charge in [0.1, 0.15) is 0 Å². The molecule has 0 aliphatic rings. The maximum absolute atomic E-state index is 13.9. The number of aryl methyl sites for hydroxylation is 2. The number of benzene rings is 3. The summed E-state index contributed by atoms with van der Waals surface area (Å²) in [6.07, 6.45) is 22.4. The monoisotopic (exact) mass is 722 g/mol. The van der Waals surface area contributed by atoms with Crippen LogP contribution in [-0.4, -0.2) is 11.6 Å². The van der Waals surface area contributed by atoms with Gasteiger partial charge in [-0.15, -0.1) is 0 Å². The van der Waals surface area contributed by atoms with E-state index in [1.807, 2.05) is 48.5 Å². The molecule has 3 aromatic rings. The SMILES string of the molecule is CCCCCCCCCCc1ccc(C(=O)c2cc(C(=O)c3ccc(Br)cc3Br)ccc2CCCCCCCCCC)cc1. The van der Waals surface area contributed by atoms with E-state index in [1.54, 1.807) is 0 Å². The van der Waals surface area contributed by atoms with Crippen LogP contribution >= 0.6 is 31.9 Å². The number of hydrogen-bond donors (Lipinski definition) is 0. The van der Waals surface area contributed by atoms with E-state index in [-0.39, 0.29) is 11.6 Å². The molecule has 0 saturated heterocycles. The van der Waals surface area contributed by atoms with Gasteiger partial charge in [0.15, 0.2) is 11.6 Å². The fraction of sp³-hybridized carbons (Fsp3) is 0.500. The summed E-state index contributed by atoms with van der Waals surface area (Å²) in [6, 6.07) is 19.5. The molecule has 0 heterocycles. The number of carbonyl (C=O) groups is 2. The van der Waals surface area contributed by atoms with E-state index in [1.165, 1.54) is 102 Å². The van der Waals surface area contributed by atoms with Crippen molar-refractivity contribution in [3.05, 3.63) is 103 Å². The summed E-state index contributed by atoms with van der Waals surface area (Å²) >= 11 is 7.01. The molecule has 0 spiro atoms. The number of halogens is 2. The highest BCUT2D eigenvalue weighted by molar-refractivity contribution is 9.11. The molecule has 0 saturated carbocycles. The number of carbonyl (C=O) groups excluding carboxylic acids is 2. The topological polar surface area (TPSA) is 34.1 Å². The minimum Gasteiger partial charge on any atom is -0.289 e. The molecule has 0 amide bonds. The molecule has 4 heteroatoms. The molecule has 0 fully saturated rings. The van der Waals surface area contributed by atoms with Crippen molar-refractivity contribution < 1.29 is 9.59 Å². The normalized spacial score (nSPS) is 11.2. The minimum absolute atomic E-state index is 0.00252. The molecule has 0 bridgehead atoms. The number of hydrogen-bond acceptors (Lipinski definition) is 2. The molecular weight excluding hydrogens is 672 g/mol. The van der Waals surface area contributed by atoms with Gasteiger partial charge in [0.05, 0.1) is 0 Å². The fourth-order valence-electron chi connectivity index (χ4n) is 5.87. The van der Waals surface area contributed by atoms with Crippen LogP contribution in [0.25, 0.3) is 0 Å². The van der Waals surface area contributed by atoms with E-state index in [0.717, 1.165) is 33.8 Å². The molecule has 0 aliphatic carbocycles. The van der Waals surface area contributed by atoms with Crippen molar-refractivity contribution in [1.82, 2.24) is 0 Å². The van der Waals surface area contributed by atoms with Crippen LogP contribution in [0.15, 0.2) is 69.6 Å². The summed E-state index contributed by atoms with van der Waals surface area (Å²) < 4.78 is 1.64. The van der Waals surface area contributed by atoms with E-state index in [0.29, 0.717) is 22.3 Å². The molecule has 0 aliphatic heterocycles. The van der Waals surface area contributed by atoms with Crippen LogP contribution < -0.4 is 0 Å². The number of unbranched alkanes of at least 4 members (excludes halogenated alkanes) is 14. The summed E-state index contributed by atoms with van der Waals surface area (Å²) in [6.45, 7) is 4.51. The number of ketones is 2. The van der Waals surface area contributed by atoms with Gasteiger partial charge >= 0.3 is 0 Å². The average Bonchev–Trinajstić information content (AvgIpc) is 3.03. The van der Waals surface area contributed by atoms with Gasteiger partial charge in [-0.3, -0.25) is 9.59 Å². The number of rotatable bonds is 22. The first-order chi connectivity index (χ1) is 21.4. The van der Waals surface area contributed by atoms with Crippen LogP contribution in [0.2, 0.25) is 0 Å². The fourth-order valence-corrected chi connectivity index (χ4v) is 7.09. The molecule has 0 unspecified atom stereocenters. The van der Waals surface area contributed by atoms with Crippen LogP contribution in [0.4, 0.5) is 0 Å². The second kappa shape index (κ2) is 20.9. The molecule has 3 aromatic carbocycles. The Labute approximate surface area is 284 Å². The smallest absolute Gasteiger partial charge is 0.194 e. The molecular formula is C40H52Br2O2. The van der Waals surface area contributed by atoms with Crippen LogP contribution in [0.3, 0.4) is 0 Å². The Kier molecular flexibility index (Phi) is 17.3. The lowest BCUT2D eigenvalue weighted by Gasteiger charge is -2.13. The highest BCUT2D eigenvalue weighted by Gasteiger charge is 2.19. The van der Waals surface area contributed by atoms with Crippen LogP contribution in [-0.2, 0) is 12.8 Å². The van der Waals surface area contributed by atoms with E-state index in [4.69, 9.17) is 0 Å². The zero-order valence-electron chi connectivity index (χ0n) is 27.1. The van der Waals surface area contributed by atoms with Gasteiger partial charge in [0.25, 0.3) is 0 Å². The third kappa shape index (κ3) is 12.4. The molecule has 0 aromatic heterocycles. The van der Waals surface area contributed by atoms with E-state index >= 15 is 0 Å².